The Balaban J connectivity index is 1.75. The molecule has 11 heteroatoms. The van der Waals surface area contributed by atoms with Crippen LogP contribution >= 0.6 is 0 Å². The maximum absolute atomic E-state index is 14.7. The molecule has 0 unspecified atom stereocenters. The van der Waals surface area contributed by atoms with Crippen LogP contribution < -0.4 is 10.1 Å². The van der Waals surface area contributed by atoms with Crippen LogP contribution in [-0.4, -0.2) is 32.9 Å². The number of nitrogens with one attached hydrogen (secondary N) is 1. The number of hydrogen-bond donors (Lipinski definition) is 1. The SMILES string of the molecule is CC(C)Oc1ncc(C(=O)Nc2c(-c3cc(F)ccc3F)ncnc2C2CCC(F)(F)CC2)cc1F. The maximum Gasteiger partial charge on any atom is 0.257 e. The van der Waals surface area contributed by atoms with E-state index in [-0.39, 0.29) is 65.9 Å². The van der Waals surface area contributed by atoms with Crippen molar-refractivity contribution in [1.82, 2.24) is 15.0 Å². The van der Waals surface area contributed by atoms with Gasteiger partial charge in [-0.25, -0.2) is 36.9 Å². The quantitative estimate of drug-likeness (QED) is 0.398. The zero-order valence-electron chi connectivity index (χ0n) is 19.5. The Labute approximate surface area is 204 Å². The topological polar surface area (TPSA) is 77.0 Å². The number of carbonyl (C=O) groups excluding carboxylic acids is 1. The number of nitrogens with zero attached hydrogens (tertiary/aromatic N) is 3. The minimum absolute atomic E-state index is 0.0647. The summed E-state index contributed by atoms with van der Waals surface area (Å²) in [5.41, 5.74) is -0.416. The van der Waals surface area contributed by atoms with Gasteiger partial charge < -0.3 is 10.1 Å². The van der Waals surface area contributed by atoms with Crippen molar-refractivity contribution in [3.8, 4) is 17.1 Å². The molecule has 1 saturated carbocycles. The highest BCUT2D eigenvalue weighted by Crippen LogP contribution is 2.44. The van der Waals surface area contributed by atoms with Crippen molar-refractivity contribution in [3.63, 3.8) is 0 Å². The lowest BCUT2D eigenvalue weighted by Gasteiger charge is -2.29. The molecule has 1 aromatic carbocycles. The largest absolute Gasteiger partial charge is 0.473 e. The molecule has 1 aliphatic rings. The van der Waals surface area contributed by atoms with Crippen LogP contribution in [-0.2, 0) is 0 Å². The van der Waals surface area contributed by atoms with Crippen molar-refractivity contribution >= 4 is 11.6 Å². The van der Waals surface area contributed by atoms with Crippen molar-refractivity contribution in [2.75, 3.05) is 5.32 Å². The van der Waals surface area contributed by atoms with Gasteiger partial charge in [-0.2, -0.15) is 0 Å². The molecule has 0 bridgehead atoms. The monoisotopic (exact) mass is 506 g/mol. The molecule has 1 N–H and O–H groups in total. The standard InChI is InChI=1S/C25H23F5N4O2/c1-13(2)36-24-19(28)9-15(11-31-24)23(35)34-22-20(14-5-7-25(29,30)8-6-14)32-12-33-21(22)17-10-16(26)3-4-18(17)27/h3-4,9-14H,5-8H2,1-2H3,(H,34,35). The minimum Gasteiger partial charge on any atom is -0.473 e. The van der Waals surface area contributed by atoms with Crippen LogP contribution in [0.15, 0.2) is 36.8 Å². The van der Waals surface area contributed by atoms with Crippen molar-refractivity contribution in [3.05, 3.63) is 65.5 Å². The molecule has 2 aromatic heterocycles. The lowest BCUT2D eigenvalue weighted by Crippen LogP contribution is -2.25. The molecule has 0 atom stereocenters. The van der Waals surface area contributed by atoms with E-state index in [4.69, 9.17) is 4.74 Å². The second-order valence-corrected chi connectivity index (χ2v) is 8.87. The summed E-state index contributed by atoms with van der Waals surface area (Å²) >= 11 is 0. The number of pyridine rings is 1. The molecule has 3 aromatic rings. The van der Waals surface area contributed by atoms with Crippen LogP contribution in [0.4, 0.5) is 27.6 Å². The van der Waals surface area contributed by atoms with Gasteiger partial charge in [-0.15, -0.1) is 0 Å². The third kappa shape index (κ3) is 5.60. The number of anilines is 1. The number of aromatic nitrogens is 3. The summed E-state index contributed by atoms with van der Waals surface area (Å²) < 4.78 is 75.8. The van der Waals surface area contributed by atoms with Crippen molar-refractivity contribution in [2.45, 2.75) is 57.5 Å². The molecule has 1 aliphatic carbocycles. The summed E-state index contributed by atoms with van der Waals surface area (Å²) in [6.45, 7) is 3.37. The molecule has 4 rings (SSSR count). The Morgan fingerprint density at radius 2 is 1.78 bits per heavy atom. The minimum atomic E-state index is -2.81. The molecule has 190 valence electrons. The van der Waals surface area contributed by atoms with Crippen LogP contribution in [0.5, 0.6) is 5.88 Å². The predicted octanol–water partition coefficient (Wildman–Crippen LogP) is 6.29. The summed E-state index contributed by atoms with van der Waals surface area (Å²) in [6, 6.07) is 3.67. The van der Waals surface area contributed by atoms with Gasteiger partial charge in [0.1, 0.15) is 23.7 Å². The molecular formula is C25H23F5N4O2. The van der Waals surface area contributed by atoms with Gasteiger partial charge in [-0.1, -0.05) is 0 Å². The summed E-state index contributed by atoms with van der Waals surface area (Å²) in [5, 5.41) is 2.56. The van der Waals surface area contributed by atoms with E-state index in [1.54, 1.807) is 13.8 Å². The number of halogens is 5. The van der Waals surface area contributed by atoms with E-state index in [2.05, 4.69) is 20.3 Å². The Kier molecular flexibility index (Phi) is 7.18. The average molecular weight is 506 g/mol. The number of ether oxygens (including phenoxy) is 1. The highest BCUT2D eigenvalue weighted by Gasteiger charge is 2.37. The van der Waals surface area contributed by atoms with E-state index in [0.29, 0.717) is 0 Å². The molecular weight excluding hydrogens is 483 g/mol. The first-order valence-corrected chi connectivity index (χ1v) is 11.4. The Morgan fingerprint density at radius 1 is 1.06 bits per heavy atom. The van der Waals surface area contributed by atoms with E-state index in [0.717, 1.165) is 36.8 Å². The normalized spacial score (nSPS) is 15.7. The van der Waals surface area contributed by atoms with Crippen LogP contribution in [0, 0.1) is 17.5 Å². The summed E-state index contributed by atoms with van der Waals surface area (Å²) in [7, 11) is 0. The summed E-state index contributed by atoms with van der Waals surface area (Å²) in [4.78, 5) is 25.2. The molecule has 0 aliphatic heterocycles. The summed E-state index contributed by atoms with van der Waals surface area (Å²) in [5.74, 6) is -6.83. The third-order valence-corrected chi connectivity index (χ3v) is 5.82. The molecule has 1 amide bonds. The molecule has 2 heterocycles. The van der Waals surface area contributed by atoms with Crippen LogP contribution in [0.25, 0.3) is 11.3 Å². The fourth-order valence-electron chi connectivity index (χ4n) is 4.07. The summed E-state index contributed by atoms with van der Waals surface area (Å²) in [6.07, 6.45) is 1.23. The highest BCUT2D eigenvalue weighted by atomic mass is 19.3. The third-order valence-electron chi connectivity index (χ3n) is 5.82. The van der Waals surface area contributed by atoms with E-state index < -0.39 is 35.2 Å². The second-order valence-electron chi connectivity index (χ2n) is 8.87. The van der Waals surface area contributed by atoms with Gasteiger partial charge in [-0.05, 0) is 51.0 Å². The first-order chi connectivity index (χ1) is 17.0. The molecule has 36 heavy (non-hydrogen) atoms. The van der Waals surface area contributed by atoms with Gasteiger partial charge in [0, 0.05) is 30.5 Å². The Bertz CT molecular complexity index is 1280. The van der Waals surface area contributed by atoms with Gasteiger partial charge in [0.15, 0.2) is 5.82 Å². The fraction of sp³-hybridized carbons (Fsp3) is 0.360. The molecule has 6 nitrogen and oxygen atoms in total. The first kappa shape index (κ1) is 25.5. The van der Waals surface area contributed by atoms with Gasteiger partial charge in [-0.3, -0.25) is 4.79 Å². The number of hydrogen-bond acceptors (Lipinski definition) is 5. The zero-order chi connectivity index (χ0) is 26.0. The first-order valence-electron chi connectivity index (χ1n) is 11.4. The van der Waals surface area contributed by atoms with Gasteiger partial charge in [0.25, 0.3) is 11.8 Å². The van der Waals surface area contributed by atoms with E-state index in [1.165, 1.54) is 0 Å². The average Bonchev–Trinajstić information content (AvgIpc) is 2.82. The zero-order valence-corrected chi connectivity index (χ0v) is 19.5. The Hall–Kier alpha value is -3.63. The molecule has 0 saturated heterocycles. The number of rotatable bonds is 6. The predicted molar refractivity (Wildman–Crippen MR) is 121 cm³/mol. The molecule has 0 radical (unpaired) electrons. The maximum atomic E-state index is 14.7. The van der Waals surface area contributed by atoms with Gasteiger partial charge in [0.2, 0.25) is 5.92 Å². The Morgan fingerprint density at radius 3 is 2.44 bits per heavy atom. The van der Waals surface area contributed by atoms with Crippen molar-refractivity contribution in [2.24, 2.45) is 0 Å². The van der Waals surface area contributed by atoms with Gasteiger partial charge in [0.05, 0.1) is 23.0 Å². The van der Waals surface area contributed by atoms with Crippen molar-refractivity contribution in [1.29, 1.82) is 0 Å². The molecule has 0 spiro atoms. The number of benzene rings is 1. The van der Waals surface area contributed by atoms with Crippen LogP contribution in [0.2, 0.25) is 0 Å². The number of alkyl halides is 2. The fourth-order valence-corrected chi connectivity index (χ4v) is 4.07. The lowest BCUT2D eigenvalue weighted by molar-refractivity contribution is -0.0384. The van der Waals surface area contributed by atoms with E-state index >= 15 is 0 Å². The van der Waals surface area contributed by atoms with E-state index in [1.807, 2.05) is 0 Å². The second kappa shape index (κ2) is 10.2. The number of amides is 1. The smallest absolute Gasteiger partial charge is 0.257 e. The lowest BCUT2D eigenvalue weighted by atomic mass is 9.83. The van der Waals surface area contributed by atoms with Crippen molar-refractivity contribution < 1.29 is 31.5 Å². The van der Waals surface area contributed by atoms with Crippen LogP contribution in [0.3, 0.4) is 0 Å². The van der Waals surface area contributed by atoms with Crippen LogP contribution in [0.1, 0.15) is 61.5 Å². The number of carbonyl (C=O) groups is 1. The highest BCUT2D eigenvalue weighted by molar-refractivity contribution is 6.06. The molecule has 1 fully saturated rings. The van der Waals surface area contributed by atoms with E-state index in [9.17, 15) is 26.7 Å². The van der Waals surface area contributed by atoms with Gasteiger partial charge >= 0.3 is 0 Å².